The van der Waals surface area contributed by atoms with Crippen molar-refractivity contribution >= 4 is 21.8 Å². The van der Waals surface area contributed by atoms with Crippen LogP contribution in [0.25, 0.3) is 0 Å². The monoisotopic (exact) mass is 313 g/mol. The molecule has 0 spiro atoms. The van der Waals surface area contributed by atoms with Crippen LogP contribution in [-0.4, -0.2) is 27.6 Å². The summed E-state index contributed by atoms with van der Waals surface area (Å²) in [6, 6.07) is 1.87. The molecule has 18 heavy (non-hydrogen) atoms. The number of aromatic nitrogens is 2. The van der Waals surface area contributed by atoms with Gasteiger partial charge in [0, 0.05) is 18.9 Å². The molecule has 5 heteroatoms. The van der Waals surface area contributed by atoms with Crippen LogP contribution in [0.15, 0.2) is 6.07 Å². The summed E-state index contributed by atoms with van der Waals surface area (Å²) in [6.07, 6.45) is 4.45. The molecule has 1 aromatic rings. The molecule has 0 unspecified atom stereocenters. The summed E-state index contributed by atoms with van der Waals surface area (Å²) in [5.74, 6) is -0.00875. The molecule has 2 rings (SSSR count). The highest BCUT2D eigenvalue weighted by Crippen LogP contribution is 2.48. The van der Waals surface area contributed by atoms with Crippen molar-refractivity contribution in [2.24, 2.45) is 12.5 Å². The average Bonchev–Trinajstić information content (AvgIpc) is 3.01. The van der Waals surface area contributed by atoms with Crippen molar-refractivity contribution in [1.29, 1.82) is 0 Å². The lowest BCUT2D eigenvalue weighted by molar-refractivity contribution is 0.0935. The SMILES string of the molecule is CCc1cc(C(=O)NCC2(CCBr)CC2)n(C)n1. The molecule has 1 fully saturated rings. The van der Waals surface area contributed by atoms with Gasteiger partial charge in [-0.3, -0.25) is 9.48 Å². The van der Waals surface area contributed by atoms with Crippen molar-refractivity contribution < 1.29 is 4.79 Å². The maximum atomic E-state index is 12.1. The zero-order valence-corrected chi connectivity index (χ0v) is 12.6. The third kappa shape index (κ3) is 2.94. The minimum Gasteiger partial charge on any atom is -0.350 e. The first kappa shape index (κ1) is 13.6. The summed E-state index contributed by atoms with van der Waals surface area (Å²) >= 11 is 3.47. The molecular formula is C13H20BrN3O. The van der Waals surface area contributed by atoms with Gasteiger partial charge >= 0.3 is 0 Å². The fourth-order valence-electron chi connectivity index (χ4n) is 2.16. The van der Waals surface area contributed by atoms with Crippen molar-refractivity contribution in [3.63, 3.8) is 0 Å². The van der Waals surface area contributed by atoms with Crippen molar-refractivity contribution in [2.75, 3.05) is 11.9 Å². The van der Waals surface area contributed by atoms with Gasteiger partial charge in [-0.15, -0.1) is 0 Å². The van der Waals surface area contributed by atoms with Crippen LogP contribution < -0.4 is 5.32 Å². The molecule has 1 aliphatic rings. The van der Waals surface area contributed by atoms with Gasteiger partial charge in [0.05, 0.1) is 5.69 Å². The first-order valence-corrected chi connectivity index (χ1v) is 7.59. The number of alkyl halides is 1. The summed E-state index contributed by atoms with van der Waals surface area (Å²) in [6.45, 7) is 2.82. The molecular weight excluding hydrogens is 294 g/mol. The highest BCUT2D eigenvalue weighted by atomic mass is 79.9. The fraction of sp³-hybridized carbons (Fsp3) is 0.692. The molecule has 1 heterocycles. The number of amides is 1. The molecule has 4 nitrogen and oxygen atoms in total. The van der Waals surface area contributed by atoms with Crippen LogP contribution in [0.5, 0.6) is 0 Å². The van der Waals surface area contributed by atoms with Gasteiger partial charge in [0.2, 0.25) is 0 Å². The van der Waals surface area contributed by atoms with Crippen LogP contribution in [0, 0.1) is 5.41 Å². The molecule has 1 saturated carbocycles. The second-order valence-corrected chi connectivity index (χ2v) is 5.91. The number of carbonyl (C=O) groups is 1. The van der Waals surface area contributed by atoms with E-state index in [0.29, 0.717) is 11.1 Å². The summed E-state index contributed by atoms with van der Waals surface area (Å²) in [7, 11) is 1.82. The van der Waals surface area contributed by atoms with Crippen molar-refractivity contribution in [2.45, 2.75) is 32.6 Å². The van der Waals surface area contributed by atoms with Crippen LogP contribution in [0.4, 0.5) is 0 Å². The van der Waals surface area contributed by atoms with Crippen molar-refractivity contribution in [3.05, 3.63) is 17.5 Å². The third-order valence-corrected chi connectivity index (χ3v) is 4.13. The molecule has 0 aromatic carbocycles. The Hall–Kier alpha value is -0.840. The van der Waals surface area contributed by atoms with Gasteiger partial charge in [0.1, 0.15) is 5.69 Å². The Balaban J connectivity index is 1.93. The minimum atomic E-state index is -0.00875. The quantitative estimate of drug-likeness (QED) is 0.819. The molecule has 0 saturated heterocycles. The predicted molar refractivity (Wildman–Crippen MR) is 75.0 cm³/mol. The van der Waals surface area contributed by atoms with Gasteiger partial charge < -0.3 is 5.32 Å². The van der Waals surface area contributed by atoms with Gasteiger partial charge in [0.15, 0.2) is 0 Å². The molecule has 0 bridgehead atoms. The maximum absolute atomic E-state index is 12.1. The van der Waals surface area contributed by atoms with Gasteiger partial charge in [-0.1, -0.05) is 22.9 Å². The smallest absolute Gasteiger partial charge is 0.269 e. The number of rotatable bonds is 6. The number of aryl methyl sites for hydroxylation is 2. The minimum absolute atomic E-state index is 0.00875. The first-order chi connectivity index (χ1) is 8.60. The zero-order valence-electron chi connectivity index (χ0n) is 11.0. The molecule has 1 aliphatic carbocycles. The van der Waals surface area contributed by atoms with E-state index in [1.165, 1.54) is 12.8 Å². The lowest BCUT2D eigenvalue weighted by Gasteiger charge is -2.14. The second-order valence-electron chi connectivity index (χ2n) is 5.12. The highest BCUT2D eigenvalue weighted by molar-refractivity contribution is 9.09. The standard InChI is InChI=1S/C13H20BrN3O/c1-3-10-8-11(17(2)16-10)12(18)15-9-13(4-5-13)6-7-14/h8H,3-7,9H2,1-2H3,(H,15,18). The number of hydrogen-bond donors (Lipinski definition) is 1. The van der Waals surface area contributed by atoms with E-state index >= 15 is 0 Å². The summed E-state index contributed by atoms with van der Waals surface area (Å²) in [5, 5.41) is 8.35. The Bertz CT molecular complexity index is 437. The highest BCUT2D eigenvalue weighted by Gasteiger charge is 2.41. The van der Waals surface area contributed by atoms with E-state index in [9.17, 15) is 4.79 Å². The Morgan fingerprint density at radius 1 is 1.61 bits per heavy atom. The van der Waals surface area contributed by atoms with Crippen LogP contribution in [-0.2, 0) is 13.5 Å². The topological polar surface area (TPSA) is 46.9 Å². The van der Waals surface area contributed by atoms with E-state index in [-0.39, 0.29) is 5.91 Å². The number of hydrogen-bond acceptors (Lipinski definition) is 2. The van der Waals surface area contributed by atoms with E-state index in [1.54, 1.807) is 4.68 Å². The Labute approximate surface area is 116 Å². The van der Waals surface area contributed by atoms with Gasteiger partial charge in [-0.2, -0.15) is 5.10 Å². The Morgan fingerprint density at radius 2 is 2.33 bits per heavy atom. The molecule has 1 amide bonds. The van der Waals surface area contributed by atoms with Crippen LogP contribution in [0.2, 0.25) is 0 Å². The van der Waals surface area contributed by atoms with Crippen molar-refractivity contribution in [3.8, 4) is 0 Å². The molecule has 0 aliphatic heterocycles. The number of nitrogens with zero attached hydrogens (tertiary/aromatic N) is 2. The van der Waals surface area contributed by atoms with E-state index < -0.39 is 0 Å². The molecule has 0 atom stereocenters. The fourth-order valence-corrected chi connectivity index (χ4v) is 3.00. The van der Waals surface area contributed by atoms with Crippen LogP contribution in [0.1, 0.15) is 42.4 Å². The lowest BCUT2D eigenvalue weighted by Crippen LogP contribution is -2.31. The van der Waals surface area contributed by atoms with E-state index in [0.717, 1.165) is 30.4 Å². The van der Waals surface area contributed by atoms with E-state index in [2.05, 4.69) is 26.3 Å². The molecule has 1 aromatic heterocycles. The van der Waals surface area contributed by atoms with Crippen LogP contribution in [0.3, 0.4) is 0 Å². The molecule has 100 valence electrons. The Morgan fingerprint density at radius 3 is 2.83 bits per heavy atom. The zero-order chi connectivity index (χ0) is 13.2. The van der Waals surface area contributed by atoms with Crippen molar-refractivity contribution in [1.82, 2.24) is 15.1 Å². The largest absolute Gasteiger partial charge is 0.350 e. The average molecular weight is 314 g/mol. The molecule has 0 radical (unpaired) electrons. The van der Waals surface area contributed by atoms with Gasteiger partial charge in [0.25, 0.3) is 5.91 Å². The summed E-state index contributed by atoms with van der Waals surface area (Å²) in [4.78, 5) is 12.1. The number of nitrogens with one attached hydrogen (secondary N) is 1. The van der Waals surface area contributed by atoms with Gasteiger partial charge in [-0.05, 0) is 37.2 Å². The second kappa shape index (κ2) is 5.43. The third-order valence-electron chi connectivity index (χ3n) is 3.73. The van der Waals surface area contributed by atoms with Crippen LogP contribution >= 0.6 is 15.9 Å². The maximum Gasteiger partial charge on any atom is 0.269 e. The molecule has 1 N–H and O–H groups in total. The lowest BCUT2D eigenvalue weighted by atomic mass is 10.0. The number of halogens is 1. The Kier molecular flexibility index (Phi) is 4.10. The summed E-state index contributed by atoms with van der Waals surface area (Å²) in [5.41, 5.74) is 1.97. The number of carbonyl (C=O) groups excluding carboxylic acids is 1. The van der Waals surface area contributed by atoms with Gasteiger partial charge in [-0.25, -0.2) is 0 Å². The predicted octanol–water partition coefficient (Wildman–Crippen LogP) is 2.28. The van der Waals surface area contributed by atoms with E-state index in [4.69, 9.17) is 0 Å². The van der Waals surface area contributed by atoms with E-state index in [1.807, 2.05) is 20.0 Å². The first-order valence-electron chi connectivity index (χ1n) is 6.47. The summed E-state index contributed by atoms with van der Waals surface area (Å²) < 4.78 is 1.66. The normalized spacial score (nSPS) is 16.6.